The molecule has 1 unspecified atom stereocenters. The van der Waals surface area contributed by atoms with Gasteiger partial charge in [-0.15, -0.1) is 0 Å². The van der Waals surface area contributed by atoms with Crippen molar-refractivity contribution in [1.29, 1.82) is 0 Å². The van der Waals surface area contributed by atoms with E-state index < -0.39 is 0 Å². The van der Waals surface area contributed by atoms with Crippen molar-refractivity contribution in [3.05, 3.63) is 29.3 Å². The third-order valence-electron chi connectivity index (χ3n) is 5.07. The van der Waals surface area contributed by atoms with Crippen molar-refractivity contribution in [3.8, 4) is 5.75 Å². The molecule has 0 radical (unpaired) electrons. The van der Waals surface area contributed by atoms with Gasteiger partial charge >= 0.3 is 0 Å². The minimum atomic E-state index is 0.0903. The van der Waals surface area contributed by atoms with Crippen molar-refractivity contribution in [1.82, 2.24) is 4.90 Å². The number of hydrogen-bond acceptors (Lipinski definition) is 4. The second kappa shape index (κ2) is 6.34. The first-order chi connectivity index (χ1) is 10.3. The number of nitrogens with two attached hydrogens (primary N) is 1. The smallest absolute Gasteiger partial charge is 0.119 e. The Morgan fingerprint density at radius 1 is 1.29 bits per heavy atom. The van der Waals surface area contributed by atoms with Crippen molar-refractivity contribution >= 4 is 0 Å². The van der Waals surface area contributed by atoms with Crippen molar-refractivity contribution in [2.45, 2.75) is 31.2 Å². The average Bonchev–Trinajstić information content (AvgIpc) is 2.83. The molecule has 0 spiro atoms. The molecule has 1 atom stereocenters. The van der Waals surface area contributed by atoms with Crippen LogP contribution in [0.15, 0.2) is 18.2 Å². The SMILES string of the molecule is COc1ccc2c(c1)CC(CN)(N1CCCOCC1)CC2. The summed E-state index contributed by atoms with van der Waals surface area (Å²) in [6.07, 6.45) is 4.37. The quantitative estimate of drug-likeness (QED) is 0.918. The third kappa shape index (κ3) is 2.93. The standard InChI is InChI=1S/C17H26N2O2/c1-20-16-4-3-14-5-6-17(13-18,12-15(14)11-16)19-7-2-9-21-10-8-19/h3-4,11H,2,5-10,12-13,18H2,1H3. The van der Waals surface area contributed by atoms with E-state index >= 15 is 0 Å². The molecule has 116 valence electrons. The number of aryl methyl sites for hydroxylation is 1. The zero-order valence-electron chi connectivity index (χ0n) is 12.9. The fourth-order valence-corrected chi connectivity index (χ4v) is 3.74. The molecule has 0 bridgehead atoms. The molecule has 1 aromatic rings. The lowest BCUT2D eigenvalue weighted by Crippen LogP contribution is -2.57. The maximum absolute atomic E-state index is 6.23. The number of methoxy groups -OCH3 is 1. The number of benzene rings is 1. The molecular formula is C17H26N2O2. The molecule has 1 heterocycles. The van der Waals surface area contributed by atoms with Gasteiger partial charge in [-0.25, -0.2) is 0 Å². The lowest BCUT2D eigenvalue weighted by Gasteiger charge is -2.46. The Labute approximate surface area is 127 Å². The van der Waals surface area contributed by atoms with Gasteiger partial charge in [0.2, 0.25) is 0 Å². The highest BCUT2D eigenvalue weighted by Gasteiger charge is 2.38. The summed E-state index contributed by atoms with van der Waals surface area (Å²) >= 11 is 0. The number of rotatable bonds is 3. The first-order valence-corrected chi connectivity index (χ1v) is 7.96. The molecule has 2 N–H and O–H groups in total. The number of fused-ring (bicyclic) bond motifs is 1. The van der Waals surface area contributed by atoms with Gasteiger partial charge in [0.15, 0.2) is 0 Å². The molecule has 1 aliphatic heterocycles. The van der Waals surface area contributed by atoms with Crippen molar-refractivity contribution in [3.63, 3.8) is 0 Å². The molecule has 0 aromatic heterocycles. The van der Waals surface area contributed by atoms with E-state index in [0.717, 1.165) is 57.7 Å². The van der Waals surface area contributed by atoms with Gasteiger partial charge in [-0.3, -0.25) is 4.90 Å². The van der Waals surface area contributed by atoms with E-state index in [-0.39, 0.29) is 5.54 Å². The molecule has 0 amide bonds. The van der Waals surface area contributed by atoms with Gasteiger partial charge in [0.05, 0.1) is 13.7 Å². The van der Waals surface area contributed by atoms with Crippen LogP contribution < -0.4 is 10.5 Å². The van der Waals surface area contributed by atoms with Gasteiger partial charge < -0.3 is 15.2 Å². The molecule has 0 saturated carbocycles. The van der Waals surface area contributed by atoms with Crippen LogP contribution in [-0.2, 0) is 17.6 Å². The van der Waals surface area contributed by atoms with Crippen molar-refractivity contribution < 1.29 is 9.47 Å². The predicted octanol–water partition coefficient (Wildman–Crippen LogP) is 1.60. The second-order valence-corrected chi connectivity index (χ2v) is 6.19. The molecule has 1 aromatic carbocycles. The number of nitrogens with zero attached hydrogens (tertiary/aromatic N) is 1. The first-order valence-electron chi connectivity index (χ1n) is 7.96. The molecule has 4 heteroatoms. The predicted molar refractivity (Wildman–Crippen MR) is 83.8 cm³/mol. The lowest BCUT2D eigenvalue weighted by molar-refractivity contribution is 0.0707. The van der Waals surface area contributed by atoms with Gasteiger partial charge in [-0.2, -0.15) is 0 Å². The van der Waals surface area contributed by atoms with Crippen LogP contribution in [-0.4, -0.2) is 50.4 Å². The van der Waals surface area contributed by atoms with E-state index in [1.807, 2.05) is 0 Å². The highest BCUT2D eigenvalue weighted by molar-refractivity contribution is 5.39. The summed E-state index contributed by atoms with van der Waals surface area (Å²) < 4.78 is 11.0. The Morgan fingerprint density at radius 3 is 3.00 bits per heavy atom. The van der Waals surface area contributed by atoms with Gasteiger partial charge in [0, 0.05) is 31.8 Å². The van der Waals surface area contributed by atoms with Gasteiger partial charge in [-0.05, 0) is 48.9 Å². The Balaban J connectivity index is 1.86. The van der Waals surface area contributed by atoms with E-state index in [1.165, 1.54) is 11.1 Å². The zero-order chi connectivity index (χ0) is 14.7. The first kappa shape index (κ1) is 14.8. The van der Waals surface area contributed by atoms with Crippen molar-refractivity contribution in [2.24, 2.45) is 5.73 Å². The van der Waals surface area contributed by atoms with Crippen LogP contribution in [0.2, 0.25) is 0 Å². The second-order valence-electron chi connectivity index (χ2n) is 6.19. The van der Waals surface area contributed by atoms with Crippen LogP contribution >= 0.6 is 0 Å². The topological polar surface area (TPSA) is 47.7 Å². The summed E-state index contributed by atoms with van der Waals surface area (Å²) in [5, 5.41) is 0. The maximum atomic E-state index is 6.23. The van der Waals surface area contributed by atoms with E-state index in [4.69, 9.17) is 15.2 Å². The molecule has 1 fully saturated rings. The molecule has 1 aliphatic carbocycles. The van der Waals surface area contributed by atoms with Gasteiger partial charge in [-0.1, -0.05) is 6.07 Å². The average molecular weight is 290 g/mol. The zero-order valence-corrected chi connectivity index (χ0v) is 12.9. The van der Waals surface area contributed by atoms with Crippen LogP contribution in [0, 0.1) is 0 Å². The summed E-state index contributed by atoms with van der Waals surface area (Å²) in [4.78, 5) is 2.57. The highest BCUT2D eigenvalue weighted by atomic mass is 16.5. The molecule has 2 aliphatic rings. The molecule has 3 rings (SSSR count). The fraction of sp³-hybridized carbons (Fsp3) is 0.647. The minimum Gasteiger partial charge on any atom is -0.497 e. The van der Waals surface area contributed by atoms with Crippen LogP contribution in [0.5, 0.6) is 5.75 Å². The van der Waals surface area contributed by atoms with Crippen LogP contribution in [0.3, 0.4) is 0 Å². The van der Waals surface area contributed by atoms with Gasteiger partial charge in [0.25, 0.3) is 0 Å². The lowest BCUT2D eigenvalue weighted by atomic mass is 9.76. The Hall–Kier alpha value is -1.10. The summed E-state index contributed by atoms with van der Waals surface area (Å²) in [6, 6.07) is 6.46. The maximum Gasteiger partial charge on any atom is 0.119 e. The summed E-state index contributed by atoms with van der Waals surface area (Å²) in [6.45, 7) is 4.50. The minimum absolute atomic E-state index is 0.0903. The number of hydrogen-bond donors (Lipinski definition) is 1. The van der Waals surface area contributed by atoms with E-state index in [2.05, 4.69) is 23.1 Å². The molecule has 4 nitrogen and oxygen atoms in total. The third-order valence-corrected chi connectivity index (χ3v) is 5.07. The summed E-state index contributed by atoms with van der Waals surface area (Å²) in [7, 11) is 1.73. The van der Waals surface area contributed by atoms with Crippen LogP contribution in [0.4, 0.5) is 0 Å². The van der Waals surface area contributed by atoms with Crippen molar-refractivity contribution in [2.75, 3.05) is 40.0 Å². The Kier molecular flexibility index (Phi) is 4.48. The molecule has 1 saturated heterocycles. The normalized spacial score (nSPS) is 27.0. The Morgan fingerprint density at radius 2 is 2.19 bits per heavy atom. The molecule has 21 heavy (non-hydrogen) atoms. The monoisotopic (exact) mass is 290 g/mol. The highest BCUT2D eigenvalue weighted by Crippen LogP contribution is 2.35. The van der Waals surface area contributed by atoms with E-state index in [0.29, 0.717) is 6.54 Å². The van der Waals surface area contributed by atoms with E-state index in [9.17, 15) is 0 Å². The van der Waals surface area contributed by atoms with Gasteiger partial charge in [0.1, 0.15) is 5.75 Å². The van der Waals surface area contributed by atoms with Crippen LogP contribution in [0.1, 0.15) is 24.0 Å². The van der Waals surface area contributed by atoms with E-state index in [1.54, 1.807) is 7.11 Å². The summed E-state index contributed by atoms with van der Waals surface area (Å²) in [5.41, 5.74) is 9.17. The van der Waals surface area contributed by atoms with Crippen LogP contribution in [0.25, 0.3) is 0 Å². The molecular weight excluding hydrogens is 264 g/mol. The fourth-order valence-electron chi connectivity index (χ4n) is 3.74. The Bertz CT molecular complexity index is 484. The largest absolute Gasteiger partial charge is 0.497 e. The number of ether oxygens (including phenoxy) is 2. The summed E-state index contributed by atoms with van der Waals surface area (Å²) in [5.74, 6) is 0.945.